The van der Waals surface area contributed by atoms with Crippen LogP contribution in [-0.4, -0.2) is 47.3 Å². The molecule has 29 heavy (non-hydrogen) atoms. The molecule has 1 unspecified atom stereocenters. The quantitative estimate of drug-likeness (QED) is 0.262. The normalized spacial score (nSPS) is 11.2. The summed E-state index contributed by atoms with van der Waals surface area (Å²) in [6, 6.07) is 0. The summed E-state index contributed by atoms with van der Waals surface area (Å²) in [5.41, 5.74) is 16.0. The molecule has 154 valence electrons. The molecule has 17 heteroatoms. The predicted molar refractivity (Wildman–Crippen MR) is 96.2 cm³/mol. The topological polar surface area (TPSA) is 227 Å². The van der Waals surface area contributed by atoms with Crippen LogP contribution in [0.3, 0.4) is 0 Å². The Kier molecular flexibility index (Phi) is 8.29. The summed E-state index contributed by atoms with van der Waals surface area (Å²) >= 11 is 0. The van der Waals surface area contributed by atoms with Gasteiger partial charge >= 0.3 is 8.80 Å². The van der Waals surface area contributed by atoms with Crippen molar-refractivity contribution in [1.29, 1.82) is 0 Å². The van der Waals surface area contributed by atoms with Gasteiger partial charge in [0.25, 0.3) is 17.9 Å². The Balaban J connectivity index is 3.49. The molecule has 1 rings (SSSR count). The van der Waals surface area contributed by atoms with Crippen molar-refractivity contribution in [1.82, 2.24) is 15.0 Å². The summed E-state index contributed by atoms with van der Waals surface area (Å²) in [4.78, 5) is 51.1. The number of aromatic nitrogens is 3. The first-order chi connectivity index (χ1) is 13.7. The number of anilines is 1. The predicted octanol–water partition coefficient (Wildman–Crippen LogP) is 2.11. The monoisotopic (exact) mass is 424 g/mol. The fourth-order valence-electron chi connectivity index (χ4n) is 2.06. The molecule has 0 radical (unpaired) electrons. The Bertz CT molecular complexity index is 820. The first kappa shape index (κ1) is 23.1. The minimum absolute atomic E-state index is 0.111. The molecule has 0 saturated carbocycles. The maximum Gasteiger partial charge on any atom is 0.728 e. The van der Waals surface area contributed by atoms with Gasteiger partial charge in [0.15, 0.2) is 0 Å². The highest BCUT2D eigenvalue weighted by Crippen LogP contribution is 2.23. The van der Waals surface area contributed by atoms with Crippen LogP contribution in [0.25, 0.3) is 20.9 Å². The molecule has 0 spiro atoms. The summed E-state index contributed by atoms with van der Waals surface area (Å²) in [5.74, 6) is -3.72. The van der Waals surface area contributed by atoms with E-state index in [0.29, 0.717) is 0 Å². The number of carbonyl (C=O) groups is 3. The van der Waals surface area contributed by atoms with Crippen molar-refractivity contribution in [3.05, 3.63) is 20.9 Å². The van der Waals surface area contributed by atoms with Gasteiger partial charge in [0, 0.05) is 30.6 Å². The van der Waals surface area contributed by atoms with Crippen LogP contribution in [0.15, 0.2) is 10.2 Å². The molecule has 0 aliphatic heterocycles. The first-order valence-corrected chi connectivity index (χ1v) is 9.67. The molecule has 0 fully saturated rings. The number of nitrogens with zero attached hydrogens (tertiary/aromatic N) is 9. The highest BCUT2D eigenvalue weighted by molar-refractivity contribution is 6.67. The van der Waals surface area contributed by atoms with Crippen LogP contribution in [0.1, 0.15) is 34.1 Å². The largest absolute Gasteiger partial charge is 0.728 e. The zero-order valence-corrected chi connectivity index (χ0v) is 16.8. The van der Waals surface area contributed by atoms with Gasteiger partial charge in [-0.15, -0.1) is 0 Å². The fourth-order valence-corrected chi connectivity index (χ4v) is 4.62. The van der Waals surface area contributed by atoms with Gasteiger partial charge in [-0.3, -0.25) is 14.4 Å². The molecule has 0 aliphatic carbocycles. The Morgan fingerprint density at radius 3 is 1.69 bits per heavy atom. The number of azide groups is 2. The lowest BCUT2D eigenvalue weighted by molar-refractivity contribution is -0.148. The summed E-state index contributed by atoms with van der Waals surface area (Å²) in [6.45, 7) is 4.75. The summed E-state index contributed by atoms with van der Waals surface area (Å²) in [7, 11) is -4.34. The molecule has 0 bridgehead atoms. The van der Waals surface area contributed by atoms with Crippen LogP contribution in [0.4, 0.5) is 17.8 Å². The minimum atomic E-state index is -4.34. The molecule has 0 aromatic carbocycles. The van der Waals surface area contributed by atoms with Gasteiger partial charge in [-0.2, -0.15) is 9.97 Å². The molecular formula is C12H16N10O6Si. The smallest absolute Gasteiger partial charge is 0.454 e. The van der Waals surface area contributed by atoms with Crippen LogP contribution in [-0.2, 0) is 27.7 Å². The van der Waals surface area contributed by atoms with E-state index in [-0.39, 0.29) is 12.4 Å². The second-order valence-electron chi connectivity index (χ2n) is 5.13. The van der Waals surface area contributed by atoms with Gasteiger partial charge in [-0.1, -0.05) is 6.92 Å². The summed E-state index contributed by atoms with van der Waals surface area (Å²) in [5, 5.41) is 9.09. The lowest BCUT2D eigenvalue weighted by atomic mass is 10.5. The van der Waals surface area contributed by atoms with Crippen LogP contribution in [0.5, 0.6) is 0 Å². The van der Waals surface area contributed by atoms with Crippen LogP contribution >= 0.6 is 0 Å². The van der Waals surface area contributed by atoms with Crippen LogP contribution in [0.2, 0.25) is 0 Å². The highest BCUT2D eigenvalue weighted by atomic mass is 28.4. The van der Waals surface area contributed by atoms with E-state index < -0.39 is 44.3 Å². The molecule has 1 N–H and O–H groups in total. The maximum atomic E-state index is 11.6. The standard InChI is InChI=1S/C12H16N10O6Si/c1-5-9(29(26-6(2)23,27-7(3)24)28-8(4)25)15-10-16-11(19-21-13)18-12(17-10)20-22-14/h9H,5H2,1-4H3,(H,15,16,17,18). The van der Waals surface area contributed by atoms with Crippen molar-refractivity contribution in [2.24, 2.45) is 10.2 Å². The van der Waals surface area contributed by atoms with Crippen molar-refractivity contribution in [3.63, 3.8) is 0 Å². The van der Waals surface area contributed by atoms with Crippen LogP contribution < -0.4 is 5.32 Å². The zero-order valence-electron chi connectivity index (χ0n) is 15.8. The van der Waals surface area contributed by atoms with Gasteiger partial charge in [0.2, 0.25) is 17.8 Å². The molecule has 0 saturated heterocycles. The molecule has 1 aromatic heterocycles. The third kappa shape index (κ3) is 6.94. The van der Waals surface area contributed by atoms with Crippen molar-refractivity contribution in [2.75, 3.05) is 5.32 Å². The molecule has 1 aromatic rings. The Morgan fingerprint density at radius 2 is 1.38 bits per heavy atom. The number of hydrogen-bond donors (Lipinski definition) is 1. The van der Waals surface area contributed by atoms with Crippen molar-refractivity contribution in [3.8, 4) is 0 Å². The Morgan fingerprint density at radius 1 is 0.966 bits per heavy atom. The van der Waals surface area contributed by atoms with E-state index in [0.717, 1.165) is 20.8 Å². The summed E-state index contributed by atoms with van der Waals surface area (Å²) < 4.78 is 15.5. The van der Waals surface area contributed by atoms with E-state index in [4.69, 9.17) is 24.3 Å². The van der Waals surface area contributed by atoms with Gasteiger partial charge < -0.3 is 18.6 Å². The van der Waals surface area contributed by atoms with E-state index in [1.165, 1.54) is 0 Å². The molecule has 0 aliphatic rings. The zero-order chi connectivity index (χ0) is 22.0. The molecule has 16 nitrogen and oxygen atoms in total. The van der Waals surface area contributed by atoms with E-state index >= 15 is 0 Å². The number of rotatable bonds is 9. The van der Waals surface area contributed by atoms with Crippen LogP contribution in [0, 0.1) is 0 Å². The fraction of sp³-hybridized carbons (Fsp3) is 0.500. The average molecular weight is 424 g/mol. The Labute approximate surface area is 164 Å². The average Bonchev–Trinajstić information content (AvgIpc) is 2.58. The molecule has 0 amide bonds. The molecule has 1 atom stereocenters. The molecule has 1 heterocycles. The lowest BCUT2D eigenvalue weighted by Gasteiger charge is -2.32. The first-order valence-electron chi connectivity index (χ1n) is 7.87. The SMILES string of the molecule is CCC(Nc1nc(N=[N+]=[N-])nc(N=[N+]=[N-])n1)[Si](OC(C)=O)(OC(C)=O)OC(C)=O. The Hall–Kier alpha value is -3.94. The number of nitrogens with one attached hydrogen (secondary N) is 1. The van der Waals surface area contributed by atoms with Gasteiger partial charge in [0.05, 0.1) is 0 Å². The third-order valence-electron chi connectivity index (χ3n) is 2.88. The number of carbonyl (C=O) groups excluding carboxylic acids is 3. The van der Waals surface area contributed by atoms with Crippen molar-refractivity contribution < 1.29 is 27.7 Å². The van der Waals surface area contributed by atoms with Gasteiger partial charge in [0.1, 0.15) is 5.67 Å². The van der Waals surface area contributed by atoms with Gasteiger partial charge in [-0.25, -0.2) is 4.98 Å². The maximum absolute atomic E-state index is 11.6. The second-order valence-corrected chi connectivity index (χ2v) is 7.64. The third-order valence-corrected chi connectivity index (χ3v) is 6.00. The van der Waals surface area contributed by atoms with Crippen molar-refractivity contribution in [2.45, 2.75) is 39.8 Å². The van der Waals surface area contributed by atoms with E-state index in [2.05, 4.69) is 40.3 Å². The van der Waals surface area contributed by atoms with Gasteiger partial charge in [-0.05, 0) is 27.7 Å². The van der Waals surface area contributed by atoms with Crippen molar-refractivity contribution >= 4 is 44.6 Å². The van der Waals surface area contributed by atoms with E-state index in [1.807, 2.05) is 0 Å². The van der Waals surface area contributed by atoms with E-state index in [9.17, 15) is 14.4 Å². The number of hydrogen-bond acceptors (Lipinski definition) is 12. The summed E-state index contributed by atoms with van der Waals surface area (Å²) in [6.07, 6.45) is 0.111. The second kappa shape index (κ2) is 10.4. The highest BCUT2D eigenvalue weighted by Gasteiger charge is 2.59. The van der Waals surface area contributed by atoms with E-state index in [1.54, 1.807) is 6.92 Å². The molecular weight excluding hydrogens is 408 g/mol. The lowest BCUT2D eigenvalue weighted by Crippen LogP contribution is -2.61. The minimum Gasteiger partial charge on any atom is -0.454 e.